The number of thiophene rings is 1. The summed E-state index contributed by atoms with van der Waals surface area (Å²) in [5.74, 6) is 1.58. The first kappa shape index (κ1) is 11.2. The van der Waals surface area contributed by atoms with Crippen LogP contribution in [0.15, 0.2) is 10.8 Å². The van der Waals surface area contributed by atoms with Crippen molar-refractivity contribution < 1.29 is 0 Å². The second-order valence-corrected chi connectivity index (χ2v) is 5.81. The van der Waals surface area contributed by atoms with Crippen molar-refractivity contribution in [3.05, 3.63) is 21.9 Å². The minimum atomic E-state index is 0.277. The van der Waals surface area contributed by atoms with E-state index in [9.17, 15) is 0 Å². The van der Waals surface area contributed by atoms with Gasteiger partial charge in [-0.05, 0) is 53.5 Å². The SMILES string of the molecule is Cc1cscc1C(N)C1CCCC(C)C1. The van der Waals surface area contributed by atoms with Crippen LogP contribution in [-0.2, 0) is 0 Å². The third-order valence-electron chi connectivity index (χ3n) is 3.74. The van der Waals surface area contributed by atoms with E-state index in [1.807, 2.05) is 0 Å². The monoisotopic (exact) mass is 223 g/mol. The molecule has 0 aromatic carbocycles. The van der Waals surface area contributed by atoms with E-state index < -0.39 is 0 Å². The molecule has 0 radical (unpaired) electrons. The number of hydrogen-bond acceptors (Lipinski definition) is 2. The van der Waals surface area contributed by atoms with Gasteiger partial charge in [-0.3, -0.25) is 0 Å². The van der Waals surface area contributed by atoms with Crippen LogP contribution in [0.2, 0.25) is 0 Å². The van der Waals surface area contributed by atoms with Gasteiger partial charge in [0.2, 0.25) is 0 Å². The number of nitrogens with two attached hydrogens (primary N) is 1. The Morgan fingerprint density at radius 2 is 2.20 bits per heavy atom. The number of rotatable bonds is 2. The first-order valence-corrected chi connectivity index (χ1v) is 6.91. The second kappa shape index (κ2) is 4.67. The Hall–Kier alpha value is -0.340. The van der Waals surface area contributed by atoms with Gasteiger partial charge >= 0.3 is 0 Å². The molecule has 1 aliphatic carbocycles. The average Bonchev–Trinajstić information content (AvgIpc) is 2.63. The molecule has 1 aromatic rings. The van der Waals surface area contributed by atoms with Crippen LogP contribution in [0.5, 0.6) is 0 Å². The zero-order chi connectivity index (χ0) is 10.8. The van der Waals surface area contributed by atoms with Gasteiger partial charge in [-0.15, -0.1) is 0 Å². The van der Waals surface area contributed by atoms with Crippen molar-refractivity contribution in [2.45, 2.75) is 45.6 Å². The van der Waals surface area contributed by atoms with Crippen molar-refractivity contribution in [2.75, 3.05) is 0 Å². The lowest BCUT2D eigenvalue weighted by Gasteiger charge is -2.31. The summed E-state index contributed by atoms with van der Waals surface area (Å²) < 4.78 is 0. The molecule has 3 atom stereocenters. The first-order valence-electron chi connectivity index (χ1n) is 5.96. The zero-order valence-electron chi connectivity index (χ0n) is 9.70. The molecule has 15 heavy (non-hydrogen) atoms. The summed E-state index contributed by atoms with van der Waals surface area (Å²) >= 11 is 1.78. The van der Waals surface area contributed by atoms with Crippen LogP contribution in [0, 0.1) is 18.8 Å². The molecule has 1 nitrogen and oxygen atoms in total. The first-order chi connectivity index (χ1) is 7.18. The molecule has 1 saturated carbocycles. The van der Waals surface area contributed by atoms with Crippen LogP contribution in [0.3, 0.4) is 0 Å². The van der Waals surface area contributed by atoms with Gasteiger partial charge in [-0.1, -0.05) is 19.8 Å². The topological polar surface area (TPSA) is 26.0 Å². The highest BCUT2D eigenvalue weighted by molar-refractivity contribution is 7.08. The molecule has 0 aliphatic heterocycles. The van der Waals surface area contributed by atoms with E-state index in [4.69, 9.17) is 5.73 Å². The van der Waals surface area contributed by atoms with E-state index in [0.717, 1.165) is 5.92 Å². The molecular formula is C13H21NS. The quantitative estimate of drug-likeness (QED) is 0.809. The number of aryl methyl sites for hydroxylation is 1. The van der Waals surface area contributed by atoms with Gasteiger partial charge < -0.3 is 5.73 Å². The van der Waals surface area contributed by atoms with Gasteiger partial charge in [0.1, 0.15) is 0 Å². The van der Waals surface area contributed by atoms with Crippen molar-refractivity contribution >= 4 is 11.3 Å². The summed E-state index contributed by atoms with van der Waals surface area (Å²) in [4.78, 5) is 0. The van der Waals surface area contributed by atoms with Gasteiger partial charge in [0.15, 0.2) is 0 Å². The van der Waals surface area contributed by atoms with Crippen LogP contribution >= 0.6 is 11.3 Å². The molecule has 84 valence electrons. The van der Waals surface area contributed by atoms with Crippen molar-refractivity contribution in [3.8, 4) is 0 Å². The predicted octanol–water partition coefficient (Wildman–Crippen LogP) is 3.88. The fourth-order valence-electron chi connectivity index (χ4n) is 2.77. The molecule has 0 spiro atoms. The molecule has 1 heterocycles. The molecule has 0 saturated heterocycles. The smallest absolute Gasteiger partial charge is 0.0334 e. The lowest BCUT2D eigenvalue weighted by atomic mass is 9.77. The fraction of sp³-hybridized carbons (Fsp3) is 0.692. The Labute approximate surface area is 96.7 Å². The summed E-state index contributed by atoms with van der Waals surface area (Å²) in [6, 6.07) is 0.277. The third kappa shape index (κ3) is 2.43. The van der Waals surface area contributed by atoms with Gasteiger partial charge in [-0.2, -0.15) is 11.3 Å². The molecule has 3 unspecified atom stereocenters. The maximum atomic E-state index is 6.38. The predicted molar refractivity (Wildman–Crippen MR) is 67.1 cm³/mol. The summed E-state index contributed by atoms with van der Waals surface area (Å²) in [6.07, 6.45) is 5.39. The molecule has 0 bridgehead atoms. The summed E-state index contributed by atoms with van der Waals surface area (Å²) in [7, 11) is 0. The van der Waals surface area contributed by atoms with Gasteiger partial charge in [0.25, 0.3) is 0 Å². The van der Waals surface area contributed by atoms with Crippen LogP contribution < -0.4 is 5.73 Å². The fourth-order valence-corrected chi connectivity index (χ4v) is 3.67. The van der Waals surface area contributed by atoms with E-state index in [-0.39, 0.29) is 6.04 Å². The molecule has 0 amide bonds. The van der Waals surface area contributed by atoms with E-state index in [1.54, 1.807) is 11.3 Å². The van der Waals surface area contributed by atoms with Crippen LogP contribution in [0.25, 0.3) is 0 Å². The molecular weight excluding hydrogens is 202 g/mol. The Bertz CT molecular complexity index is 318. The highest BCUT2D eigenvalue weighted by atomic mass is 32.1. The molecule has 2 rings (SSSR count). The van der Waals surface area contributed by atoms with Crippen LogP contribution in [-0.4, -0.2) is 0 Å². The lowest BCUT2D eigenvalue weighted by Crippen LogP contribution is -2.26. The van der Waals surface area contributed by atoms with E-state index >= 15 is 0 Å². The third-order valence-corrected chi connectivity index (χ3v) is 4.62. The van der Waals surface area contributed by atoms with Crippen molar-refractivity contribution in [1.29, 1.82) is 0 Å². The van der Waals surface area contributed by atoms with Gasteiger partial charge in [0.05, 0.1) is 0 Å². The Morgan fingerprint density at radius 3 is 2.80 bits per heavy atom. The largest absolute Gasteiger partial charge is 0.324 e. The maximum Gasteiger partial charge on any atom is 0.0334 e. The van der Waals surface area contributed by atoms with Gasteiger partial charge in [-0.25, -0.2) is 0 Å². The summed E-state index contributed by atoms with van der Waals surface area (Å²) in [5, 5.41) is 4.45. The van der Waals surface area contributed by atoms with Crippen molar-refractivity contribution in [3.63, 3.8) is 0 Å². The Balaban J connectivity index is 2.07. The highest BCUT2D eigenvalue weighted by Gasteiger charge is 2.26. The molecule has 1 aromatic heterocycles. The lowest BCUT2D eigenvalue weighted by molar-refractivity contribution is 0.248. The van der Waals surface area contributed by atoms with E-state index in [0.29, 0.717) is 5.92 Å². The molecule has 1 fully saturated rings. The Kier molecular flexibility index (Phi) is 3.47. The number of hydrogen-bond donors (Lipinski definition) is 1. The minimum Gasteiger partial charge on any atom is -0.324 e. The summed E-state index contributed by atoms with van der Waals surface area (Å²) in [6.45, 7) is 4.54. The molecule has 2 N–H and O–H groups in total. The van der Waals surface area contributed by atoms with Crippen LogP contribution in [0.4, 0.5) is 0 Å². The van der Waals surface area contributed by atoms with Crippen LogP contribution in [0.1, 0.15) is 49.8 Å². The highest BCUT2D eigenvalue weighted by Crippen LogP contribution is 2.37. The normalized spacial score (nSPS) is 29.0. The standard InChI is InChI=1S/C13H21NS/c1-9-4-3-5-11(6-9)13(14)12-8-15-7-10(12)2/h7-9,11,13H,3-6,14H2,1-2H3. The summed E-state index contributed by atoms with van der Waals surface area (Å²) in [5.41, 5.74) is 9.15. The maximum absolute atomic E-state index is 6.38. The van der Waals surface area contributed by atoms with E-state index in [1.165, 1.54) is 36.8 Å². The minimum absolute atomic E-state index is 0.277. The Morgan fingerprint density at radius 1 is 1.40 bits per heavy atom. The van der Waals surface area contributed by atoms with Crippen molar-refractivity contribution in [1.82, 2.24) is 0 Å². The van der Waals surface area contributed by atoms with Crippen molar-refractivity contribution in [2.24, 2.45) is 17.6 Å². The van der Waals surface area contributed by atoms with E-state index in [2.05, 4.69) is 24.6 Å². The molecule has 2 heteroatoms. The zero-order valence-corrected chi connectivity index (χ0v) is 10.5. The average molecular weight is 223 g/mol. The molecule has 1 aliphatic rings. The van der Waals surface area contributed by atoms with Gasteiger partial charge in [0, 0.05) is 6.04 Å². The second-order valence-electron chi connectivity index (χ2n) is 5.07.